The molecule has 3 heteroatoms. The van der Waals surface area contributed by atoms with Crippen LogP contribution in [-0.4, -0.2) is 16.7 Å². The molecule has 0 unspecified atom stereocenters. The van der Waals surface area contributed by atoms with Gasteiger partial charge in [-0.3, -0.25) is 5.10 Å². The van der Waals surface area contributed by atoms with Crippen LogP contribution in [0.3, 0.4) is 0 Å². The van der Waals surface area contributed by atoms with Gasteiger partial charge in [-0.05, 0) is 25.8 Å². The fraction of sp³-hybridized carbons (Fsp3) is 0.750. The molecule has 1 aromatic rings. The summed E-state index contributed by atoms with van der Waals surface area (Å²) in [7, 11) is 0. The quantitative estimate of drug-likeness (QED) is 0.678. The standard InChI is InChI=1S/C12H23N3/c1-10(2)6-4-5-7-13-8-12-9-14-15-11(12)3/h9-10,13H,4-8H2,1-3H3,(H,14,15). The number of aryl methyl sites for hydroxylation is 1. The molecule has 0 aliphatic rings. The average Bonchev–Trinajstić information content (AvgIpc) is 2.57. The largest absolute Gasteiger partial charge is 0.313 e. The van der Waals surface area contributed by atoms with E-state index >= 15 is 0 Å². The molecule has 0 amide bonds. The summed E-state index contributed by atoms with van der Waals surface area (Å²) in [5.41, 5.74) is 2.45. The van der Waals surface area contributed by atoms with Crippen LogP contribution in [0.2, 0.25) is 0 Å². The van der Waals surface area contributed by atoms with Crippen molar-refractivity contribution in [2.24, 2.45) is 5.92 Å². The van der Waals surface area contributed by atoms with Crippen LogP contribution in [0.4, 0.5) is 0 Å². The Balaban J connectivity index is 2.00. The van der Waals surface area contributed by atoms with Gasteiger partial charge in [0.2, 0.25) is 0 Å². The van der Waals surface area contributed by atoms with E-state index in [4.69, 9.17) is 0 Å². The van der Waals surface area contributed by atoms with Crippen LogP contribution in [0.25, 0.3) is 0 Å². The van der Waals surface area contributed by atoms with Gasteiger partial charge < -0.3 is 5.32 Å². The Hall–Kier alpha value is -0.830. The first-order chi connectivity index (χ1) is 7.20. The van der Waals surface area contributed by atoms with E-state index in [0.29, 0.717) is 0 Å². The summed E-state index contributed by atoms with van der Waals surface area (Å²) in [5, 5.41) is 10.4. The summed E-state index contributed by atoms with van der Waals surface area (Å²) >= 11 is 0. The smallest absolute Gasteiger partial charge is 0.0535 e. The summed E-state index contributed by atoms with van der Waals surface area (Å²) in [5.74, 6) is 0.834. The molecule has 2 N–H and O–H groups in total. The van der Waals surface area contributed by atoms with E-state index in [1.807, 2.05) is 6.20 Å². The summed E-state index contributed by atoms with van der Waals surface area (Å²) < 4.78 is 0. The van der Waals surface area contributed by atoms with Crippen LogP contribution in [-0.2, 0) is 6.54 Å². The first-order valence-corrected chi connectivity index (χ1v) is 5.89. The van der Waals surface area contributed by atoms with Crippen molar-refractivity contribution in [1.82, 2.24) is 15.5 Å². The molecule has 86 valence electrons. The Labute approximate surface area is 92.7 Å². The van der Waals surface area contributed by atoms with Gasteiger partial charge in [0.25, 0.3) is 0 Å². The SMILES string of the molecule is Cc1[nH]ncc1CNCCCCC(C)C. The molecule has 0 aliphatic carbocycles. The molecular formula is C12H23N3. The van der Waals surface area contributed by atoms with E-state index in [1.165, 1.54) is 30.5 Å². The van der Waals surface area contributed by atoms with Crippen molar-refractivity contribution >= 4 is 0 Å². The number of nitrogens with one attached hydrogen (secondary N) is 2. The Morgan fingerprint density at radius 1 is 1.40 bits per heavy atom. The predicted octanol–water partition coefficient (Wildman–Crippen LogP) is 2.63. The number of aromatic nitrogens is 2. The summed E-state index contributed by atoms with van der Waals surface area (Å²) in [6.07, 6.45) is 5.84. The molecular weight excluding hydrogens is 186 g/mol. The molecule has 15 heavy (non-hydrogen) atoms. The van der Waals surface area contributed by atoms with Crippen molar-refractivity contribution in [3.05, 3.63) is 17.5 Å². The predicted molar refractivity (Wildman–Crippen MR) is 63.7 cm³/mol. The van der Waals surface area contributed by atoms with E-state index in [0.717, 1.165) is 19.0 Å². The number of H-pyrrole nitrogens is 1. The molecule has 0 saturated heterocycles. The van der Waals surface area contributed by atoms with Crippen LogP contribution in [0.5, 0.6) is 0 Å². The second-order valence-corrected chi connectivity index (χ2v) is 4.59. The van der Waals surface area contributed by atoms with Gasteiger partial charge in [0.1, 0.15) is 0 Å². The molecule has 0 radical (unpaired) electrons. The maximum Gasteiger partial charge on any atom is 0.0535 e. The maximum absolute atomic E-state index is 3.99. The molecule has 0 bridgehead atoms. The van der Waals surface area contributed by atoms with E-state index in [9.17, 15) is 0 Å². The Bertz CT molecular complexity index is 266. The lowest BCUT2D eigenvalue weighted by molar-refractivity contribution is 0.520. The van der Waals surface area contributed by atoms with Gasteiger partial charge in [-0.25, -0.2) is 0 Å². The fourth-order valence-corrected chi connectivity index (χ4v) is 1.58. The van der Waals surface area contributed by atoms with Crippen LogP contribution in [0, 0.1) is 12.8 Å². The third-order valence-corrected chi connectivity index (χ3v) is 2.63. The molecule has 0 saturated carbocycles. The topological polar surface area (TPSA) is 40.7 Å². The zero-order valence-electron chi connectivity index (χ0n) is 10.1. The zero-order valence-corrected chi connectivity index (χ0v) is 10.1. The maximum atomic E-state index is 3.99. The minimum Gasteiger partial charge on any atom is -0.313 e. The number of nitrogens with zero attached hydrogens (tertiary/aromatic N) is 1. The molecule has 0 atom stereocenters. The molecule has 0 aliphatic heterocycles. The Morgan fingerprint density at radius 3 is 2.80 bits per heavy atom. The second kappa shape index (κ2) is 6.62. The van der Waals surface area contributed by atoms with Crippen molar-refractivity contribution in [1.29, 1.82) is 0 Å². The first-order valence-electron chi connectivity index (χ1n) is 5.89. The van der Waals surface area contributed by atoms with Crippen molar-refractivity contribution in [2.45, 2.75) is 46.6 Å². The van der Waals surface area contributed by atoms with E-state index in [2.05, 4.69) is 36.3 Å². The van der Waals surface area contributed by atoms with E-state index < -0.39 is 0 Å². The zero-order chi connectivity index (χ0) is 11.1. The minimum atomic E-state index is 0.834. The molecule has 0 fully saturated rings. The van der Waals surface area contributed by atoms with Crippen molar-refractivity contribution in [3.8, 4) is 0 Å². The molecule has 1 rings (SSSR count). The third kappa shape index (κ3) is 4.98. The van der Waals surface area contributed by atoms with Crippen LogP contribution in [0.15, 0.2) is 6.20 Å². The average molecular weight is 209 g/mol. The molecule has 0 spiro atoms. The number of rotatable bonds is 7. The van der Waals surface area contributed by atoms with Gasteiger partial charge in [-0.15, -0.1) is 0 Å². The molecule has 1 aromatic heterocycles. The highest BCUT2D eigenvalue weighted by Gasteiger charge is 1.99. The fourth-order valence-electron chi connectivity index (χ4n) is 1.58. The van der Waals surface area contributed by atoms with Crippen LogP contribution >= 0.6 is 0 Å². The summed E-state index contributed by atoms with van der Waals surface area (Å²) in [6, 6.07) is 0. The number of hydrogen-bond acceptors (Lipinski definition) is 2. The van der Waals surface area contributed by atoms with Gasteiger partial charge >= 0.3 is 0 Å². The molecule has 0 aromatic carbocycles. The lowest BCUT2D eigenvalue weighted by atomic mass is 10.1. The Morgan fingerprint density at radius 2 is 2.20 bits per heavy atom. The van der Waals surface area contributed by atoms with Crippen LogP contribution in [0.1, 0.15) is 44.4 Å². The lowest BCUT2D eigenvalue weighted by Crippen LogP contribution is -2.15. The minimum absolute atomic E-state index is 0.834. The molecule has 3 nitrogen and oxygen atoms in total. The van der Waals surface area contributed by atoms with Crippen molar-refractivity contribution in [3.63, 3.8) is 0 Å². The summed E-state index contributed by atoms with van der Waals surface area (Å²) in [4.78, 5) is 0. The van der Waals surface area contributed by atoms with Crippen molar-refractivity contribution < 1.29 is 0 Å². The van der Waals surface area contributed by atoms with Gasteiger partial charge in [0.05, 0.1) is 6.20 Å². The highest BCUT2D eigenvalue weighted by atomic mass is 15.1. The summed E-state index contributed by atoms with van der Waals surface area (Å²) in [6.45, 7) is 8.66. The third-order valence-electron chi connectivity index (χ3n) is 2.63. The van der Waals surface area contributed by atoms with Gasteiger partial charge in [0.15, 0.2) is 0 Å². The Kier molecular flexibility index (Phi) is 5.40. The monoisotopic (exact) mass is 209 g/mol. The highest BCUT2D eigenvalue weighted by molar-refractivity contribution is 5.13. The van der Waals surface area contributed by atoms with E-state index in [1.54, 1.807) is 0 Å². The highest BCUT2D eigenvalue weighted by Crippen LogP contribution is 2.05. The number of aromatic amines is 1. The number of hydrogen-bond donors (Lipinski definition) is 2. The normalized spacial score (nSPS) is 11.2. The van der Waals surface area contributed by atoms with Gasteiger partial charge in [0, 0.05) is 17.8 Å². The van der Waals surface area contributed by atoms with Crippen LogP contribution < -0.4 is 5.32 Å². The van der Waals surface area contributed by atoms with Gasteiger partial charge in [-0.1, -0.05) is 26.7 Å². The first kappa shape index (κ1) is 12.2. The lowest BCUT2D eigenvalue weighted by Gasteiger charge is -2.05. The van der Waals surface area contributed by atoms with E-state index in [-0.39, 0.29) is 0 Å². The van der Waals surface area contributed by atoms with Gasteiger partial charge in [-0.2, -0.15) is 5.10 Å². The van der Waals surface area contributed by atoms with Crippen molar-refractivity contribution in [2.75, 3.05) is 6.54 Å². The molecule has 1 heterocycles. The second-order valence-electron chi connectivity index (χ2n) is 4.59. The number of unbranched alkanes of at least 4 members (excludes halogenated alkanes) is 1.